The number of carbonyl (C=O) groups excluding carboxylic acids is 1. The summed E-state index contributed by atoms with van der Waals surface area (Å²) in [5.74, 6) is 0.695. The number of amides is 1. The normalized spacial score (nSPS) is 17.0. The van der Waals surface area contributed by atoms with E-state index < -0.39 is 0 Å². The fraction of sp³-hybridized carbons (Fsp3) is 0.375. The Morgan fingerprint density at radius 2 is 2.18 bits per heavy atom. The van der Waals surface area contributed by atoms with Gasteiger partial charge in [0, 0.05) is 24.5 Å². The van der Waals surface area contributed by atoms with E-state index in [0.29, 0.717) is 11.5 Å². The molecule has 3 rings (SSSR count). The van der Waals surface area contributed by atoms with Crippen LogP contribution in [0.15, 0.2) is 42.7 Å². The fourth-order valence-electron chi connectivity index (χ4n) is 2.64. The quantitative estimate of drug-likeness (QED) is 0.886. The molecule has 1 amide bonds. The Balaban J connectivity index is 0.00000176. The van der Waals surface area contributed by atoms with Gasteiger partial charge >= 0.3 is 0 Å². The van der Waals surface area contributed by atoms with Gasteiger partial charge in [0.05, 0.1) is 5.69 Å². The predicted molar refractivity (Wildman–Crippen MR) is 88.7 cm³/mol. The number of benzene rings is 1. The highest BCUT2D eigenvalue weighted by atomic mass is 35.5. The van der Waals surface area contributed by atoms with Gasteiger partial charge in [-0.15, -0.1) is 12.4 Å². The molecule has 1 aromatic heterocycles. The molecule has 1 saturated heterocycles. The minimum Gasteiger partial charge on any atom is -0.352 e. The molecule has 0 aliphatic carbocycles. The lowest BCUT2D eigenvalue weighted by molar-refractivity contribution is 0.0951. The zero-order chi connectivity index (χ0) is 14.5. The molecular weight excluding hydrogens is 300 g/mol. The summed E-state index contributed by atoms with van der Waals surface area (Å²) in [6.07, 6.45) is 5.88. The first-order chi connectivity index (χ1) is 10.3. The fourth-order valence-corrected chi connectivity index (χ4v) is 2.64. The van der Waals surface area contributed by atoms with Crippen molar-refractivity contribution in [2.75, 3.05) is 19.6 Å². The molecule has 0 saturated carbocycles. The van der Waals surface area contributed by atoms with Gasteiger partial charge in [-0.3, -0.25) is 4.79 Å². The van der Waals surface area contributed by atoms with Crippen molar-refractivity contribution >= 4 is 18.3 Å². The average Bonchev–Trinajstić information content (AvgIpc) is 3.21. The largest absolute Gasteiger partial charge is 0.352 e. The molecule has 22 heavy (non-hydrogen) atoms. The molecule has 2 aromatic rings. The molecule has 1 fully saturated rings. The van der Waals surface area contributed by atoms with Gasteiger partial charge in [0.1, 0.15) is 0 Å². The maximum absolute atomic E-state index is 12.1. The van der Waals surface area contributed by atoms with Crippen LogP contribution in [0.25, 0.3) is 5.69 Å². The van der Waals surface area contributed by atoms with Crippen LogP contribution in [-0.2, 0) is 0 Å². The van der Waals surface area contributed by atoms with Gasteiger partial charge in [-0.2, -0.15) is 5.10 Å². The lowest BCUT2D eigenvalue weighted by atomic mass is 10.1. The smallest absolute Gasteiger partial charge is 0.251 e. The van der Waals surface area contributed by atoms with Gasteiger partial charge in [0.2, 0.25) is 0 Å². The van der Waals surface area contributed by atoms with Gasteiger partial charge in [-0.25, -0.2) is 4.68 Å². The molecule has 2 heterocycles. The number of carbonyl (C=O) groups is 1. The first kappa shape index (κ1) is 16.5. The highest BCUT2D eigenvalue weighted by molar-refractivity contribution is 5.94. The van der Waals surface area contributed by atoms with E-state index in [1.807, 2.05) is 36.5 Å². The number of hydrogen-bond donors (Lipinski definition) is 2. The Morgan fingerprint density at radius 3 is 2.82 bits per heavy atom. The first-order valence-electron chi connectivity index (χ1n) is 7.42. The van der Waals surface area contributed by atoms with Crippen LogP contribution in [-0.4, -0.2) is 35.3 Å². The van der Waals surface area contributed by atoms with Crippen LogP contribution in [0.2, 0.25) is 0 Å². The second kappa shape index (κ2) is 7.96. The standard InChI is InChI=1S/C16H20N4O.ClH/c21-16(18-10-7-13-6-9-17-12-13)14-2-4-15(5-3-14)20-11-1-8-19-20;/h1-5,8,11,13,17H,6-7,9-10,12H2,(H,18,21);1H. The summed E-state index contributed by atoms with van der Waals surface area (Å²) in [6, 6.07) is 9.36. The van der Waals surface area contributed by atoms with Gasteiger partial charge in [0.25, 0.3) is 5.91 Å². The van der Waals surface area contributed by atoms with E-state index >= 15 is 0 Å². The van der Waals surface area contributed by atoms with Crippen LogP contribution in [0.3, 0.4) is 0 Å². The highest BCUT2D eigenvalue weighted by Gasteiger charge is 2.14. The van der Waals surface area contributed by atoms with Crippen molar-refractivity contribution in [3.63, 3.8) is 0 Å². The predicted octanol–water partition coefficient (Wildman–Crippen LogP) is 2.02. The zero-order valence-electron chi connectivity index (χ0n) is 12.4. The third kappa shape index (κ3) is 4.08. The van der Waals surface area contributed by atoms with Crippen molar-refractivity contribution in [1.82, 2.24) is 20.4 Å². The van der Waals surface area contributed by atoms with E-state index in [-0.39, 0.29) is 18.3 Å². The summed E-state index contributed by atoms with van der Waals surface area (Å²) in [7, 11) is 0. The van der Waals surface area contributed by atoms with Crippen LogP contribution in [0.1, 0.15) is 23.2 Å². The van der Waals surface area contributed by atoms with Crippen LogP contribution >= 0.6 is 12.4 Å². The van der Waals surface area contributed by atoms with E-state index in [4.69, 9.17) is 0 Å². The number of nitrogens with zero attached hydrogens (tertiary/aromatic N) is 2. The van der Waals surface area contributed by atoms with Crippen LogP contribution < -0.4 is 10.6 Å². The molecule has 5 nitrogen and oxygen atoms in total. The molecule has 1 atom stereocenters. The second-order valence-corrected chi connectivity index (χ2v) is 5.40. The first-order valence-corrected chi connectivity index (χ1v) is 7.42. The maximum Gasteiger partial charge on any atom is 0.251 e. The summed E-state index contributed by atoms with van der Waals surface area (Å²) in [6.45, 7) is 2.92. The van der Waals surface area contributed by atoms with Crippen molar-refractivity contribution in [1.29, 1.82) is 0 Å². The zero-order valence-corrected chi connectivity index (χ0v) is 13.2. The summed E-state index contributed by atoms with van der Waals surface area (Å²) in [5.41, 5.74) is 1.64. The van der Waals surface area contributed by atoms with E-state index in [1.165, 1.54) is 6.42 Å². The topological polar surface area (TPSA) is 59.0 Å². The van der Waals surface area contributed by atoms with Crippen molar-refractivity contribution < 1.29 is 4.79 Å². The van der Waals surface area contributed by atoms with Crippen LogP contribution in [0.4, 0.5) is 0 Å². The molecule has 0 radical (unpaired) electrons. The van der Waals surface area contributed by atoms with E-state index in [1.54, 1.807) is 10.9 Å². The van der Waals surface area contributed by atoms with E-state index in [9.17, 15) is 4.79 Å². The number of aromatic nitrogens is 2. The Morgan fingerprint density at radius 1 is 1.36 bits per heavy atom. The summed E-state index contributed by atoms with van der Waals surface area (Å²) in [5, 5.41) is 10.5. The number of halogens is 1. The van der Waals surface area contributed by atoms with Crippen LogP contribution in [0.5, 0.6) is 0 Å². The minimum atomic E-state index is -0.00651. The van der Waals surface area contributed by atoms with Gasteiger partial charge in [-0.1, -0.05) is 0 Å². The minimum absolute atomic E-state index is 0. The second-order valence-electron chi connectivity index (χ2n) is 5.40. The summed E-state index contributed by atoms with van der Waals surface area (Å²) in [4.78, 5) is 12.1. The number of rotatable bonds is 5. The van der Waals surface area contributed by atoms with Gasteiger partial charge < -0.3 is 10.6 Å². The Kier molecular flexibility index (Phi) is 5.98. The molecule has 1 aliphatic heterocycles. The van der Waals surface area contributed by atoms with Crippen molar-refractivity contribution in [2.24, 2.45) is 5.92 Å². The lowest BCUT2D eigenvalue weighted by Gasteiger charge is -2.09. The van der Waals surface area contributed by atoms with E-state index in [2.05, 4.69) is 15.7 Å². The Hall–Kier alpha value is -1.85. The van der Waals surface area contributed by atoms with Crippen molar-refractivity contribution in [3.05, 3.63) is 48.3 Å². The highest BCUT2D eigenvalue weighted by Crippen LogP contribution is 2.11. The molecule has 118 valence electrons. The molecule has 1 aliphatic rings. The summed E-state index contributed by atoms with van der Waals surface area (Å²) >= 11 is 0. The van der Waals surface area contributed by atoms with Crippen molar-refractivity contribution in [3.8, 4) is 5.69 Å². The summed E-state index contributed by atoms with van der Waals surface area (Å²) < 4.78 is 1.77. The molecular formula is C16H21ClN4O. The van der Waals surface area contributed by atoms with Crippen molar-refractivity contribution in [2.45, 2.75) is 12.8 Å². The molecule has 2 N–H and O–H groups in total. The SMILES string of the molecule is Cl.O=C(NCCC1CCNC1)c1ccc(-n2cccn2)cc1. The van der Waals surface area contributed by atoms with Gasteiger partial charge in [-0.05, 0) is 62.2 Å². The molecule has 0 bridgehead atoms. The van der Waals surface area contributed by atoms with E-state index in [0.717, 1.165) is 31.7 Å². The molecule has 1 unspecified atom stereocenters. The lowest BCUT2D eigenvalue weighted by Crippen LogP contribution is -2.26. The maximum atomic E-state index is 12.1. The monoisotopic (exact) mass is 320 g/mol. The molecule has 6 heteroatoms. The average molecular weight is 321 g/mol. The third-order valence-electron chi connectivity index (χ3n) is 3.90. The number of nitrogens with one attached hydrogen (secondary N) is 2. The molecule has 1 aromatic carbocycles. The van der Waals surface area contributed by atoms with Gasteiger partial charge in [0.15, 0.2) is 0 Å². The Bertz CT molecular complexity index is 577. The number of hydrogen-bond acceptors (Lipinski definition) is 3. The van der Waals surface area contributed by atoms with Crippen LogP contribution in [0, 0.1) is 5.92 Å². The Labute approximate surface area is 136 Å². The third-order valence-corrected chi connectivity index (χ3v) is 3.90. The molecule has 0 spiro atoms.